The Hall–Kier alpha value is -3.27. The minimum atomic E-state index is -0.249. The summed E-state index contributed by atoms with van der Waals surface area (Å²) in [6.07, 6.45) is 2.58. The number of anilines is 1. The van der Waals surface area contributed by atoms with Crippen molar-refractivity contribution in [2.24, 2.45) is 0 Å². The molecule has 3 aromatic rings. The van der Waals surface area contributed by atoms with Crippen molar-refractivity contribution in [3.8, 4) is 22.6 Å². The van der Waals surface area contributed by atoms with Crippen LogP contribution >= 0.6 is 0 Å². The lowest BCUT2D eigenvalue weighted by Gasteiger charge is -2.37. The number of nitrogens with one attached hydrogen (secondary N) is 1. The molecule has 2 aliphatic rings. The van der Waals surface area contributed by atoms with E-state index in [0.29, 0.717) is 12.2 Å². The van der Waals surface area contributed by atoms with Crippen LogP contribution in [0.25, 0.3) is 16.7 Å². The number of hydrogen-bond acceptors (Lipinski definition) is 3. The third-order valence-electron chi connectivity index (χ3n) is 5.87. The zero-order chi connectivity index (χ0) is 21.0. The Morgan fingerprint density at radius 3 is 2.57 bits per heavy atom. The van der Waals surface area contributed by atoms with Crippen molar-refractivity contribution in [2.75, 3.05) is 5.32 Å². The molecule has 0 amide bonds. The van der Waals surface area contributed by atoms with Gasteiger partial charge in [0.25, 0.3) is 0 Å². The van der Waals surface area contributed by atoms with Crippen LogP contribution in [0.3, 0.4) is 0 Å². The first-order chi connectivity index (χ1) is 14.3. The Bertz CT molecular complexity index is 1180. The van der Waals surface area contributed by atoms with E-state index in [0.717, 1.165) is 33.5 Å². The summed E-state index contributed by atoms with van der Waals surface area (Å²) < 4.78 is 19.9. The number of hydrogen-bond donors (Lipinski definition) is 2. The number of phenolic OH excluding ortho intramolecular Hbond substituents is 1. The predicted molar refractivity (Wildman–Crippen MR) is 118 cm³/mol. The van der Waals surface area contributed by atoms with Gasteiger partial charge in [0.15, 0.2) is 0 Å². The van der Waals surface area contributed by atoms with Gasteiger partial charge < -0.3 is 15.2 Å². The summed E-state index contributed by atoms with van der Waals surface area (Å²) in [5.41, 5.74) is 6.97. The van der Waals surface area contributed by atoms with E-state index in [-0.39, 0.29) is 23.2 Å². The highest BCUT2D eigenvalue weighted by Crippen LogP contribution is 2.52. The van der Waals surface area contributed by atoms with E-state index < -0.39 is 0 Å². The Kier molecular flexibility index (Phi) is 4.14. The molecule has 0 bridgehead atoms. The summed E-state index contributed by atoms with van der Waals surface area (Å²) in [5, 5.41) is 14.2. The van der Waals surface area contributed by atoms with Crippen molar-refractivity contribution in [3.05, 3.63) is 83.2 Å². The van der Waals surface area contributed by atoms with Crippen molar-refractivity contribution in [3.63, 3.8) is 0 Å². The quantitative estimate of drug-likeness (QED) is 0.516. The van der Waals surface area contributed by atoms with Crippen molar-refractivity contribution < 1.29 is 14.2 Å². The first kappa shape index (κ1) is 18.7. The molecule has 0 spiro atoms. The van der Waals surface area contributed by atoms with E-state index >= 15 is 0 Å². The molecule has 5 rings (SSSR count). The number of allylic oxidation sites excluding steroid dienone is 1. The summed E-state index contributed by atoms with van der Waals surface area (Å²) in [4.78, 5) is 0. The maximum Gasteiger partial charge on any atom is 0.131 e. The van der Waals surface area contributed by atoms with Crippen LogP contribution in [0.5, 0.6) is 11.5 Å². The molecule has 1 unspecified atom stereocenters. The monoisotopic (exact) mass is 401 g/mol. The molecule has 0 saturated heterocycles. The fraction of sp³-hybridized carbons (Fsp3) is 0.231. The standard InChI is InChI=1S/C26H24FNO2/c1-15-14-26(2,3)28-19-12-11-18-24-20(29)5-4-6-21(24)30-22(25(18)23(15)19)13-16-7-9-17(27)10-8-16/h4-12,14,22,28-29H,13H2,1-3H3. The lowest BCUT2D eigenvalue weighted by atomic mass is 9.80. The topological polar surface area (TPSA) is 41.5 Å². The number of halogens is 1. The van der Waals surface area contributed by atoms with Gasteiger partial charge >= 0.3 is 0 Å². The van der Waals surface area contributed by atoms with Crippen LogP contribution in [0.1, 0.15) is 43.6 Å². The van der Waals surface area contributed by atoms with Crippen LogP contribution in [-0.2, 0) is 6.42 Å². The normalized spacial score (nSPS) is 18.3. The molecular weight excluding hydrogens is 377 g/mol. The Balaban J connectivity index is 1.72. The highest BCUT2D eigenvalue weighted by atomic mass is 19.1. The summed E-state index contributed by atoms with van der Waals surface area (Å²) in [6, 6.07) is 16.1. The maximum atomic E-state index is 13.4. The van der Waals surface area contributed by atoms with E-state index in [1.165, 1.54) is 17.7 Å². The maximum absolute atomic E-state index is 13.4. The molecule has 0 aromatic heterocycles. The second-order valence-corrected chi connectivity index (χ2v) is 8.71. The number of ether oxygens (including phenoxy) is 1. The van der Waals surface area contributed by atoms with Crippen molar-refractivity contribution in [2.45, 2.75) is 38.8 Å². The van der Waals surface area contributed by atoms with Gasteiger partial charge in [-0.05, 0) is 67.8 Å². The molecule has 3 aromatic carbocycles. The molecule has 0 fully saturated rings. The van der Waals surface area contributed by atoms with Gasteiger partial charge in [-0.25, -0.2) is 4.39 Å². The predicted octanol–water partition coefficient (Wildman–Crippen LogP) is 6.48. The smallest absolute Gasteiger partial charge is 0.131 e. The molecule has 3 nitrogen and oxygen atoms in total. The Morgan fingerprint density at radius 1 is 1.03 bits per heavy atom. The number of phenols is 1. The SMILES string of the molecule is CC1=CC(C)(C)Nc2ccc3c(c21)C(Cc1ccc(F)cc1)Oc1cccc(O)c1-3. The number of benzene rings is 3. The van der Waals surface area contributed by atoms with E-state index in [9.17, 15) is 9.50 Å². The van der Waals surface area contributed by atoms with Crippen LogP contribution in [0.15, 0.2) is 60.7 Å². The number of rotatable bonds is 2. The molecule has 152 valence electrons. The molecule has 4 heteroatoms. The largest absolute Gasteiger partial charge is 0.507 e. The third-order valence-corrected chi connectivity index (χ3v) is 5.87. The second-order valence-electron chi connectivity index (χ2n) is 8.71. The number of fused-ring (bicyclic) bond motifs is 5. The van der Waals surface area contributed by atoms with E-state index in [2.05, 4.69) is 44.3 Å². The molecule has 2 aliphatic heterocycles. The zero-order valence-electron chi connectivity index (χ0n) is 17.3. The third kappa shape index (κ3) is 3.04. The lowest BCUT2D eigenvalue weighted by molar-refractivity contribution is 0.201. The average molecular weight is 401 g/mol. The van der Waals surface area contributed by atoms with Crippen LogP contribution in [0.4, 0.5) is 10.1 Å². The van der Waals surface area contributed by atoms with Gasteiger partial charge in [0.2, 0.25) is 0 Å². The van der Waals surface area contributed by atoms with Crippen LogP contribution in [0, 0.1) is 5.82 Å². The second kappa shape index (κ2) is 6.63. The van der Waals surface area contributed by atoms with Gasteiger partial charge in [-0.15, -0.1) is 0 Å². The van der Waals surface area contributed by atoms with Crippen molar-refractivity contribution >= 4 is 11.3 Å². The minimum absolute atomic E-state index is 0.145. The molecule has 2 N–H and O–H groups in total. The molecule has 1 atom stereocenters. The van der Waals surface area contributed by atoms with Crippen molar-refractivity contribution in [1.82, 2.24) is 0 Å². The molecule has 30 heavy (non-hydrogen) atoms. The van der Waals surface area contributed by atoms with Gasteiger partial charge in [0.1, 0.15) is 23.4 Å². The fourth-order valence-electron chi connectivity index (χ4n) is 4.78. The molecule has 0 radical (unpaired) electrons. The van der Waals surface area contributed by atoms with Crippen LogP contribution in [-0.4, -0.2) is 10.6 Å². The molecule has 0 saturated carbocycles. The molecule has 0 aliphatic carbocycles. The van der Waals surface area contributed by atoms with Crippen molar-refractivity contribution in [1.29, 1.82) is 0 Å². The van der Waals surface area contributed by atoms with Crippen LogP contribution in [0.2, 0.25) is 0 Å². The first-order valence-corrected chi connectivity index (χ1v) is 10.2. The lowest BCUT2D eigenvalue weighted by Crippen LogP contribution is -2.32. The number of aromatic hydroxyl groups is 1. The molecule has 2 heterocycles. The summed E-state index contributed by atoms with van der Waals surface area (Å²) >= 11 is 0. The highest BCUT2D eigenvalue weighted by molar-refractivity contribution is 5.91. The minimum Gasteiger partial charge on any atom is -0.507 e. The Labute approximate surface area is 175 Å². The highest BCUT2D eigenvalue weighted by Gasteiger charge is 2.34. The van der Waals surface area contributed by atoms with E-state index in [1.54, 1.807) is 24.3 Å². The van der Waals surface area contributed by atoms with Gasteiger partial charge in [-0.3, -0.25) is 0 Å². The van der Waals surface area contributed by atoms with Gasteiger partial charge in [0.05, 0.1) is 11.1 Å². The summed E-state index contributed by atoms with van der Waals surface area (Å²) in [7, 11) is 0. The van der Waals surface area contributed by atoms with Gasteiger partial charge in [0, 0.05) is 23.2 Å². The fourth-order valence-corrected chi connectivity index (χ4v) is 4.78. The average Bonchev–Trinajstić information content (AvgIpc) is 2.68. The van der Waals surface area contributed by atoms with Gasteiger partial charge in [-0.1, -0.05) is 30.3 Å². The zero-order valence-corrected chi connectivity index (χ0v) is 17.3. The summed E-state index contributed by atoms with van der Waals surface area (Å²) in [6.45, 7) is 6.41. The van der Waals surface area contributed by atoms with Gasteiger partial charge in [-0.2, -0.15) is 0 Å². The Morgan fingerprint density at radius 2 is 1.80 bits per heavy atom. The summed E-state index contributed by atoms with van der Waals surface area (Å²) in [5.74, 6) is 0.626. The van der Waals surface area contributed by atoms with E-state index in [1.807, 2.05) is 6.07 Å². The first-order valence-electron chi connectivity index (χ1n) is 10.2. The molecular formula is C26H24FNO2. The van der Waals surface area contributed by atoms with E-state index in [4.69, 9.17) is 4.74 Å². The van der Waals surface area contributed by atoms with Crippen LogP contribution < -0.4 is 10.1 Å².